The average molecular weight is 505 g/mol. The summed E-state index contributed by atoms with van der Waals surface area (Å²) < 4.78 is 37.3. The Morgan fingerprint density at radius 1 is 1.19 bits per heavy atom. The zero-order valence-corrected chi connectivity index (χ0v) is 19.0. The summed E-state index contributed by atoms with van der Waals surface area (Å²) in [5, 5.41) is 10.5. The maximum Gasteiger partial charge on any atom is 0.353 e. The predicted octanol–water partition coefficient (Wildman–Crippen LogP) is 2.98. The second-order valence-corrected chi connectivity index (χ2v) is 8.58. The van der Waals surface area contributed by atoms with Gasteiger partial charge in [0.05, 0.1) is 41.3 Å². The molecule has 1 aliphatic heterocycles. The topological polar surface area (TPSA) is 143 Å². The van der Waals surface area contributed by atoms with E-state index in [-0.39, 0.29) is 62.2 Å². The number of fused-ring (bicyclic) bond motifs is 4. The van der Waals surface area contributed by atoms with Gasteiger partial charge in [-0.1, -0.05) is 0 Å². The lowest BCUT2D eigenvalue weighted by molar-refractivity contribution is 0.0687. The molecular formula is C25H17F2N5O5. The Morgan fingerprint density at radius 3 is 2.81 bits per heavy atom. The zero-order chi connectivity index (χ0) is 25.8. The van der Waals surface area contributed by atoms with Crippen LogP contribution in [0.1, 0.15) is 28.0 Å². The number of rotatable bonds is 4. The van der Waals surface area contributed by atoms with Crippen molar-refractivity contribution in [3.8, 4) is 16.9 Å². The van der Waals surface area contributed by atoms with E-state index in [1.807, 2.05) is 0 Å². The number of carbonyl (C=O) groups is 1. The predicted molar refractivity (Wildman–Crippen MR) is 128 cm³/mol. The maximum atomic E-state index is 15.2. The molecule has 0 aliphatic carbocycles. The molecule has 37 heavy (non-hydrogen) atoms. The van der Waals surface area contributed by atoms with Gasteiger partial charge < -0.3 is 24.4 Å². The van der Waals surface area contributed by atoms with Crippen LogP contribution < -0.4 is 15.9 Å². The van der Waals surface area contributed by atoms with Crippen molar-refractivity contribution in [1.82, 2.24) is 24.5 Å². The van der Waals surface area contributed by atoms with Crippen LogP contribution in [0.25, 0.3) is 33.1 Å². The molecule has 5 heterocycles. The summed E-state index contributed by atoms with van der Waals surface area (Å²) in [5.74, 6) is -2.85. The number of halogens is 2. The van der Waals surface area contributed by atoms with Crippen molar-refractivity contribution < 1.29 is 23.4 Å². The van der Waals surface area contributed by atoms with Gasteiger partial charge in [-0.15, -0.1) is 0 Å². The number of aromatic nitrogens is 5. The number of pyridine rings is 2. The van der Waals surface area contributed by atoms with E-state index in [0.717, 1.165) is 12.4 Å². The Kier molecular flexibility index (Phi) is 5.10. The first-order valence-corrected chi connectivity index (χ1v) is 11.3. The number of carboxylic acids is 1. The summed E-state index contributed by atoms with van der Waals surface area (Å²) in [6, 6.07) is 5.37. The van der Waals surface area contributed by atoms with E-state index in [2.05, 4.69) is 19.9 Å². The van der Waals surface area contributed by atoms with Crippen molar-refractivity contribution in [3.63, 3.8) is 0 Å². The van der Waals surface area contributed by atoms with Gasteiger partial charge in [0.15, 0.2) is 5.65 Å². The standard InChI is InChI=1S/C25H17F2N5O5/c26-15-8-16-18(20-12(15)4-2-6-37-20)17(13-3-1-5-28-23(13)33)19(25(35)36)32(16)9-11-7-14-22(31-21(11)27)29-10-30-24(14)34/h1,3,5,7-8,10H,2,4,6,9H2,(H,28,33)(H,35,36)(H,29,30,31,34). The molecule has 6 rings (SSSR count). The molecule has 186 valence electrons. The summed E-state index contributed by atoms with van der Waals surface area (Å²) >= 11 is 0. The number of nitrogens with zero attached hydrogens (tertiary/aromatic N) is 3. The fourth-order valence-corrected chi connectivity index (χ4v) is 4.87. The molecule has 0 saturated carbocycles. The van der Waals surface area contributed by atoms with Crippen molar-refractivity contribution in [2.75, 3.05) is 6.61 Å². The molecule has 1 aliphatic rings. The van der Waals surface area contributed by atoms with Crippen LogP contribution in [0.4, 0.5) is 8.78 Å². The van der Waals surface area contributed by atoms with Crippen LogP contribution in [-0.4, -0.2) is 42.2 Å². The van der Waals surface area contributed by atoms with Crippen LogP contribution in [0, 0.1) is 11.8 Å². The van der Waals surface area contributed by atoms with Crippen molar-refractivity contribution in [2.45, 2.75) is 19.4 Å². The highest BCUT2D eigenvalue weighted by atomic mass is 19.1. The third-order valence-corrected chi connectivity index (χ3v) is 6.45. The van der Waals surface area contributed by atoms with E-state index in [0.29, 0.717) is 12.8 Å². The van der Waals surface area contributed by atoms with E-state index in [4.69, 9.17) is 4.74 Å². The van der Waals surface area contributed by atoms with Crippen molar-refractivity contribution in [1.29, 1.82) is 0 Å². The lowest BCUT2D eigenvalue weighted by Crippen LogP contribution is -2.15. The minimum absolute atomic E-state index is 0.00106. The Bertz CT molecular complexity index is 1870. The normalized spacial score (nSPS) is 13.0. The molecule has 0 atom stereocenters. The Morgan fingerprint density at radius 2 is 2.03 bits per heavy atom. The fraction of sp³-hybridized carbons (Fsp3) is 0.160. The minimum Gasteiger partial charge on any atom is -0.492 e. The smallest absolute Gasteiger partial charge is 0.353 e. The molecular weight excluding hydrogens is 488 g/mol. The summed E-state index contributed by atoms with van der Waals surface area (Å²) in [5.41, 5.74) is -1.31. The minimum atomic E-state index is -1.42. The van der Waals surface area contributed by atoms with Gasteiger partial charge in [0.2, 0.25) is 5.95 Å². The van der Waals surface area contributed by atoms with Gasteiger partial charge in [-0.25, -0.2) is 14.2 Å². The molecule has 0 fully saturated rings. The van der Waals surface area contributed by atoms with Crippen LogP contribution in [0.2, 0.25) is 0 Å². The highest BCUT2D eigenvalue weighted by Crippen LogP contribution is 2.44. The number of hydrogen-bond acceptors (Lipinski definition) is 6. The number of H-pyrrole nitrogens is 2. The molecule has 0 bridgehead atoms. The van der Waals surface area contributed by atoms with Crippen LogP contribution >= 0.6 is 0 Å². The first-order chi connectivity index (χ1) is 17.8. The van der Waals surface area contributed by atoms with Crippen molar-refractivity contribution >= 4 is 27.9 Å². The van der Waals surface area contributed by atoms with Crippen LogP contribution in [0.5, 0.6) is 5.75 Å². The summed E-state index contributed by atoms with van der Waals surface area (Å²) in [4.78, 5) is 50.2. The van der Waals surface area contributed by atoms with Crippen LogP contribution in [-0.2, 0) is 13.0 Å². The zero-order valence-electron chi connectivity index (χ0n) is 19.0. The third kappa shape index (κ3) is 3.48. The molecule has 0 amide bonds. The lowest BCUT2D eigenvalue weighted by Gasteiger charge is -2.19. The van der Waals surface area contributed by atoms with E-state index < -0.39 is 35.4 Å². The SMILES string of the molecule is O=C(O)c1c(-c2ccc[nH]c2=O)c2c3c(c(F)cc2n1Cc1cc2c(=O)[nH]cnc2nc1F)CCCO3. The third-order valence-electron chi connectivity index (χ3n) is 6.45. The van der Waals surface area contributed by atoms with Crippen molar-refractivity contribution in [3.05, 3.63) is 86.1 Å². The molecule has 0 saturated heterocycles. The van der Waals surface area contributed by atoms with Crippen molar-refractivity contribution in [2.24, 2.45) is 0 Å². The Labute approximate surface area is 205 Å². The number of nitrogens with one attached hydrogen (secondary N) is 2. The fourth-order valence-electron chi connectivity index (χ4n) is 4.87. The van der Waals surface area contributed by atoms with Crippen LogP contribution in [0.3, 0.4) is 0 Å². The quantitative estimate of drug-likeness (QED) is 0.319. The van der Waals surface area contributed by atoms with E-state index in [9.17, 15) is 19.5 Å². The largest absolute Gasteiger partial charge is 0.492 e. The van der Waals surface area contributed by atoms with Gasteiger partial charge >= 0.3 is 5.97 Å². The number of aromatic carboxylic acids is 1. The van der Waals surface area contributed by atoms with E-state index >= 15 is 8.78 Å². The molecule has 12 heteroatoms. The summed E-state index contributed by atoms with van der Waals surface area (Å²) in [7, 11) is 0. The molecule has 0 radical (unpaired) electrons. The van der Waals surface area contributed by atoms with Gasteiger partial charge in [-0.3, -0.25) is 9.59 Å². The summed E-state index contributed by atoms with van der Waals surface area (Å²) in [6.07, 6.45) is 3.43. The second kappa shape index (κ2) is 8.36. The molecule has 0 spiro atoms. The van der Waals surface area contributed by atoms with E-state index in [1.165, 1.54) is 29.0 Å². The Hall–Kier alpha value is -4.87. The van der Waals surface area contributed by atoms with Gasteiger partial charge in [-0.05, 0) is 37.1 Å². The molecule has 0 unspecified atom stereocenters. The highest BCUT2D eigenvalue weighted by Gasteiger charge is 2.31. The number of benzene rings is 1. The Balaban J connectivity index is 1.72. The maximum absolute atomic E-state index is 15.2. The molecule has 5 aromatic rings. The number of aromatic amines is 2. The second-order valence-electron chi connectivity index (χ2n) is 8.58. The van der Waals surface area contributed by atoms with Gasteiger partial charge in [0, 0.05) is 22.9 Å². The average Bonchev–Trinajstić information content (AvgIpc) is 3.19. The summed E-state index contributed by atoms with van der Waals surface area (Å²) in [6.45, 7) is -0.146. The van der Waals surface area contributed by atoms with Gasteiger partial charge in [0.25, 0.3) is 11.1 Å². The van der Waals surface area contributed by atoms with Gasteiger partial charge in [0.1, 0.15) is 17.3 Å². The number of hydrogen-bond donors (Lipinski definition) is 3. The first-order valence-electron chi connectivity index (χ1n) is 11.3. The number of ether oxygens (including phenoxy) is 1. The molecule has 1 aromatic carbocycles. The molecule has 3 N–H and O–H groups in total. The molecule has 4 aromatic heterocycles. The number of carboxylic acid groups (broad SMARTS) is 1. The monoisotopic (exact) mass is 505 g/mol. The first kappa shape index (κ1) is 22.6. The van der Waals surface area contributed by atoms with Crippen LogP contribution in [0.15, 0.2) is 46.4 Å². The van der Waals surface area contributed by atoms with Gasteiger partial charge in [-0.2, -0.15) is 9.37 Å². The lowest BCUT2D eigenvalue weighted by atomic mass is 9.97. The molecule has 10 nitrogen and oxygen atoms in total. The van der Waals surface area contributed by atoms with E-state index in [1.54, 1.807) is 0 Å². The highest BCUT2D eigenvalue weighted by molar-refractivity contribution is 6.11.